The lowest BCUT2D eigenvalue weighted by Gasteiger charge is -2.10. The van der Waals surface area contributed by atoms with Crippen LogP contribution < -0.4 is 4.72 Å². The van der Waals surface area contributed by atoms with E-state index in [1.165, 1.54) is 0 Å². The first kappa shape index (κ1) is 11.3. The van der Waals surface area contributed by atoms with E-state index in [9.17, 15) is 8.42 Å². The van der Waals surface area contributed by atoms with Crippen LogP contribution >= 0.6 is 0 Å². The first-order chi connectivity index (χ1) is 6.44. The first-order valence-corrected chi connectivity index (χ1v) is 6.16. The molecule has 1 aromatic heterocycles. The van der Waals surface area contributed by atoms with Crippen molar-refractivity contribution in [3.8, 4) is 0 Å². The Kier molecular flexibility index (Phi) is 3.34. The summed E-state index contributed by atoms with van der Waals surface area (Å²) in [6.07, 6.45) is 0. The predicted octanol–water partition coefficient (Wildman–Crippen LogP) is 1.59. The lowest BCUT2D eigenvalue weighted by atomic mass is 10.3. The number of furan rings is 1. The van der Waals surface area contributed by atoms with E-state index in [0.717, 1.165) is 5.76 Å². The van der Waals surface area contributed by atoms with Gasteiger partial charge in [0.2, 0.25) is 10.0 Å². The van der Waals surface area contributed by atoms with Gasteiger partial charge in [0, 0.05) is 0 Å². The highest BCUT2D eigenvalue weighted by atomic mass is 32.2. The molecule has 5 heteroatoms. The molecule has 1 N–H and O–H groups in total. The second kappa shape index (κ2) is 4.14. The van der Waals surface area contributed by atoms with Crippen LogP contribution in [0.2, 0.25) is 0 Å². The van der Waals surface area contributed by atoms with E-state index in [-0.39, 0.29) is 11.8 Å². The van der Waals surface area contributed by atoms with Crippen LogP contribution in [0.5, 0.6) is 0 Å². The van der Waals surface area contributed by atoms with E-state index >= 15 is 0 Å². The first-order valence-electron chi connectivity index (χ1n) is 4.51. The lowest BCUT2D eigenvalue weighted by molar-refractivity contribution is 0.441. The van der Waals surface area contributed by atoms with Crippen LogP contribution in [0, 0.1) is 6.92 Å². The summed E-state index contributed by atoms with van der Waals surface area (Å²) in [6, 6.07) is 3.28. The van der Waals surface area contributed by atoms with Crippen LogP contribution in [0.15, 0.2) is 16.5 Å². The van der Waals surface area contributed by atoms with Crippen molar-refractivity contribution >= 4 is 10.0 Å². The summed E-state index contributed by atoms with van der Waals surface area (Å²) >= 11 is 0. The van der Waals surface area contributed by atoms with E-state index in [1.807, 2.05) is 13.0 Å². The smallest absolute Gasteiger partial charge is 0.211 e. The SMILES string of the molecule is CCS(=O)(=O)NC(C)c1ccc(C)o1. The minimum atomic E-state index is -3.17. The molecule has 0 aliphatic carbocycles. The molecular formula is C9H15NO3S. The zero-order chi connectivity index (χ0) is 10.8. The summed E-state index contributed by atoms with van der Waals surface area (Å²) in [5.41, 5.74) is 0. The predicted molar refractivity (Wildman–Crippen MR) is 54.5 cm³/mol. The number of aryl methyl sites for hydroxylation is 1. The Bertz CT molecular complexity index is 394. The van der Waals surface area contributed by atoms with Crippen LogP contribution in [0.4, 0.5) is 0 Å². The van der Waals surface area contributed by atoms with Gasteiger partial charge in [-0.2, -0.15) is 0 Å². The van der Waals surface area contributed by atoms with Gasteiger partial charge in [0.25, 0.3) is 0 Å². The molecule has 1 unspecified atom stereocenters. The van der Waals surface area contributed by atoms with Crippen molar-refractivity contribution in [2.24, 2.45) is 0 Å². The molecule has 0 aliphatic heterocycles. The minimum Gasteiger partial charge on any atom is -0.465 e. The summed E-state index contributed by atoms with van der Waals surface area (Å²) in [5, 5.41) is 0. The average Bonchev–Trinajstić information content (AvgIpc) is 2.51. The molecule has 80 valence electrons. The Labute approximate surface area is 84.4 Å². The van der Waals surface area contributed by atoms with Gasteiger partial charge in [-0.05, 0) is 32.9 Å². The summed E-state index contributed by atoms with van der Waals surface area (Å²) < 4.78 is 30.3. The van der Waals surface area contributed by atoms with Gasteiger partial charge in [0.15, 0.2) is 0 Å². The quantitative estimate of drug-likeness (QED) is 0.833. The van der Waals surface area contributed by atoms with Gasteiger partial charge in [0.05, 0.1) is 11.8 Å². The van der Waals surface area contributed by atoms with Gasteiger partial charge in [-0.3, -0.25) is 0 Å². The van der Waals surface area contributed by atoms with E-state index in [2.05, 4.69) is 4.72 Å². The summed E-state index contributed by atoms with van der Waals surface area (Å²) in [7, 11) is -3.17. The molecule has 0 aromatic carbocycles. The summed E-state index contributed by atoms with van der Waals surface area (Å²) in [6.45, 7) is 5.18. The van der Waals surface area contributed by atoms with Gasteiger partial charge in [-0.15, -0.1) is 0 Å². The Morgan fingerprint density at radius 1 is 1.50 bits per heavy atom. The van der Waals surface area contributed by atoms with Crippen molar-refractivity contribution in [2.75, 3.05) is 5.75 Å². The molecule has 4 nitrogen and oxygen atoms in total. The number of hydrogen-bond acceptors (Lipinski definition) is 3. The van der Waals surface area contributed by atoms with Crippen molar-refractivity contribution in [1.82, 2.24) is 4.72 Å². The molecule has 0 saturated carbocycles. The molecule has 0 aliphatic rings. The molecular weight excluding hydrogens is 202 g/mol. The molecule has 1 heterocycles. The molecule has 1 aromatic rings. The monoisotopic (exact) mass is 217 g/mol. The fraction of sp³-hybridized carbons (Fsp3) is 0.556. The van der Waals surface area contributed by atoms with Crippen molar-refractivity contribution in [1.29, 1.82) is 0 Å². The highest BCUT2D eigenvalue weighted by Gasteiger charge is 2.15. The van der Waals surface area contributed by atoms with Crippen molar-refractivity contribution in [3.63, 3.8) is 0 Å². The van der Waals surface area contributed by atoms with Crippen molar-refractivity contribution in [3.05, 3.63) is 23.7 Å². The lowest BCUT2D eigenvalue weighted by Crippen LogP contribution is -2.27. The topological polar surface area (TPSA) is 59.3 Å². The maximum atomic E-state index is 11.2. The van der Waals surface area contributed by atoms with E-state index in [1.54, 1.807) is 19.9 Å². The van der Waals surface area contributed by atoms with Gasteiger partial charge in [-0.25, -0.2) is 13.1 Å². The fourth-order valence-electron chi connectivity index (χ4n) is 1.10. The third-order valence-corrected chi connectivity index (χ3v) is 3.40. The van der Waals surface area contributed by atoms with E-state index in [4.69, 9.17) is 4.42 Å². The molecule has 1 rings (SSSR count). The Morgan fingerprint density at radius 2 is 2.14 bits per heavy atom. The number of hydrogen-bond donors (Lipinski definition) is 1. The van der Waals surface area contributed by atoms with E-state index < -0.39 is 10.0 Å². The maximum Gasteiger partial charge on any atom is 0.211 e. The Hall–Kier alpha value is -0.810. The second-order valence-electron chi connectivity index (χ2n) is 3.19. The van der Waals surface area contributed by atoms with Crippen LogP contribution in [0.1, 0.15) is 31.4 Å². The molecule has 0 bridgehead atoms. The second-order valence-corrected chi connectivity index (χ2v) is 5.23. The molecule has 14 heavy (non-hydrogen) atoms. The van der Waals surface area contributed by atoms with Crippen LogP contribution in [-0.4, -0.2) is 14.2 Å². The molecule has 0 amide bonds. The zero-order valence-corrected chi connectivity index (χ0v) is 9.39. The standard InChI is InChI=1S/C9H15NO3S/c1-4-14(11,12)10-8(3)9-6-5-7(2)13-9/h5-6,8,10H,4H2,1-3H3. The highest BCUT2D eigenvalue weighted by molar-refractivity contribution is 7.89. The van der Waals surface area contributed by atoms with Gasteiger partial charge < -0.3 is 4.42 Å². The van der Waals surface area contributed by atoms with Gasteiger partial charge >= 0.3 is 0 Å². The van der Waals surface area contributed by atoms with Crippen LogP contribution in [0.25, 0.3) is 0 Å². The highest BCUT2D eigenvalue weighted by Crippen LogP contribution is 2.16. The normalized spacial score (nSPS) is 14.2. The molecule has 0 spiro atoms. The third-order valence-electron chi connectivity index (χ3n) is 1.92. The Morgan fingerprint density at radius 3 is 2.57 bits per heavy atom. The zero-order valence-electron chi connectivity index (χ0n) is 8.57. The summed E-state index contributed by atoms with van der Waals surface area (Å²) in [4.78, 5) is 0. The van der Waals surface area contributed by atoms with Crippen molar-refractivity contribution < 1.29 is 12.8 Å². The van der Waals surface area contributed by atoms with Gasteiger partial charge in [0.1, 0.15) is 11.5 Å². The minimum absolute atomic E-state index is 0.0804. The summed E-state index contributed by atoms with van der Waals surface area (Å²) in [5.74, 6) is 1.50. The molecule has 0 fully saturated rings. The number of sulfonamides is 1. The molecule has 1 atom stereocenters. The van der Waals surface area contributed by atoms with E-state index in [0.29, 0.717) is 5.76 Å². The Balaban J connectivity index is 2.73. The average molecular weight is 217 g/mol. The molecule has 0 saturated heterocycles. The van der Waals surface area contributed by atoms with Crippen molar-refractivity contribution in [2.45, 2.75) is 26.8 Å². The number of rotatable bonds is 4. The third kappa shape index (κ3) is 2.85. The largest absolute Gasteiger partial charge is 0.465 e. The fourth-order valence-corrected chi connectivity index (χ4v) is 1.92. The van der Waals surface area contributed by atoms with Crippen LogP contribution in [-0.2, 0) is 10.0 Å². The van der Waals surface area contributed by atoms with Crippen LogP contribution in [0.3, 0.4) is 0 Å². The number of nitrogens with one attached hydrogen (secondary N) is 1. The van der Waals surface area contributed by atoms with Gasteiger partial charge in [-0.1, -0.05) is 0 Å². The maximum absolute atomic E-state index is 11.2. The molecule has 0 radical (unpaired) electrons.